The molecule has 0 saturated carbocycles. The van der Waals surface area contributed by atoms with Crippen LogP contribution in [0.5, 0.6) is 0 Å². The average molecular weight is 340 g/mol. The number of hydrogen-bond donors (Lipinski definition) is 1. The molecule has 0 amide bonds. The largest absolute Gasteiger partial charge is 0.462 e. The zero-order valence-corrected chi connectivity index (χ0v) is 14.7. The second-order valence-electron chi connectivity index (χ2n) is 6.35. The minimum Gasteiger partial charge on any atom is -0.462 e. The lowest BCUT2D eigenvalue weighted by molar-refractivity contribution is 0.0527. The molecule has 1 N–H and O–H groups in total. The Labute approximate surface area is 148 Å². The molecule has 2 aromatic rings. The molecule has 1 atom stereocenters. The lowest BCUT2D eigenvalue weighted by atomic mass is 10.0. The molecule has 132 valence electrons. The van der Waals surface area contributed by atoms with Crippen LogP contribution in [0.1, 0.15) is 37.0 Å². The number of hydrogen-bond acceptors (Lipinski definition) is 6. The molecule has 1 aliphatic heterocycles. The minimum atomic E-state index is -0.343. The van der Waals surface area contributed by atoms with Crippen LogP contribution in [0.4, 0.5) is 17.3 Å². The monoisotopic (exact) mass is 340 g/mol. The van der Waals surface area contributed by atoms with E-state index < -0.39 is 0 Å². The molecule has 6 heteroatoms. The Kier molecular flexibility index (Phi) is 5.48. The second-order valence-corrected chi connectivity index (χ2v) is 6.35. The van der Waals surface area contributed by atoms with E-state index in [1.165, 1.54) is 12.8 Å². The number of nitrogens with one attached hydrogen (secondary N) is 1. The van der Waals surface area contributed by atoms with Gasteiger partial charge in [0.2, 0.25) is 0 Å². The smallest absolute Gasteiger partial charge is 0.340 e. The van der Waals surface area contributed by atoms with Crippen molar-refractivity contribution >= 4 is 23.3 Å². The number of aromatic nitrogens is 2. The fourth-order valence-corrected chi connectivity index (χ4v) is 3.10. The summed E-state index contributed by atoms with van der Waals surface area (Å²) in [5.74, 6) is 1.91. The van der Waals surface area contributed by atoms with Crippen LogP contribution >= 0.6 is 0 Å². The number of carbonyl (C=O) groups excluding carboxylic acids is 1. The van der Waals surface area contributed by atoms with E-state index in [1.807, 2.05) is 24.3 Å². The molecule has 2 heterocycles. The summed E-state index contributed by atoms with van der Waals surface area (Å²) in [7, 11) is 0. The third kappa shape index (κ3) is 4.26. The molecular weight excluding hydrogens is 316 g/mol. The first-order chi connectivity index (χ1) is 12.2. The van der Waals surface area contributed by atoms with Gasteiger partial charge < -0.3 is 15.0 Å². The summed E-state index contributed by atoms with van der Waals surface area (Å²) in [6.45, 7) is 6.43. The van der Waals surface area contributed by atoms with Crippen LogP contribution in [0.2, 0.25) is 0 Å². The van der Waals surface area contributed by atoms with Gasteiger partial charge in [-0.2, -0.15) is 0 Å². The van der Waals surface area contributed by atoms with Crippen LogP contribution < -0.4 is 10.2 Å². The van der Waals surface area contributed by atoms with Gasteiger partial charge in [0.25, 0.3) is 0 Å². The molecule has 0 aliphatic carbocycles. The number of esters is 1. The van der Waals surface area contributed by atoms with Gasteiger partial charge in [0, 0.05) is 19.2 Å². The van der Waals surface area contributed by atoms with Gasteiger partial charge in [-0.15, -0.1) is 0 Å². The Balaban J connectivity index is 1.80. The normalized spacial score (nSPS) is 17.2. The highest BCUT2D eigenvalue weighted by atomic mass is 16.5. The van der Waals surface area contributed by atoms with E-state index >= 15 is 0 Å². The summed E-state index contributed by atoms with van der Waals surface area (Å²) >= 11 is 0. The number of rotatable bonds is 5. The Morgan fingerprint density at radius 1 is 1.36 bits per heavy atom. The topological polar surface area (TPSA) is 67.3 Å². The van der Waals surface area contributed by atoms with Gasteiger partial charge in [-0.05, 0) is 37.8 Å². The van der Waals surface area contributed by atoms with Crippen LogP contribution in [0.3, 0.4) is 0 Å². The predicted octanol–water partition coefficient (Wildman–Crippen LogP) is 3.63. The summed E-state index contributed by atoms with van der Waals surface area (Å²) in [5.41, 5.74) is 1.17. The Morgan fingerprint density at radius 2 is 2.20 bits per heavy atom. The van der Waals surface area contributed by atoms with Crippen molar-refractivity contribution in [2.24, 2.45) is 5.92 Å². The van der Waals surface area contributed by atoms with Crippen molar-refractivity contribution in [3.8, 4) is 0 Å². The van der Waals surface area contributed by atoms with Crippen LogP contribution in [-0.2, 0) is 4.74 Å². The van der Waals surface area contributed by atoms with E-state index in [-0.39, 0.29) is 5.97 Å². The molecule has 1 fully saturated rings. The van der Waals surface area contributed by atoms with E-state index in [1.54, 1.807) is 19.3 Å². The van der Waals surface area contributed by atoms with Gasteiger partial charge in [0.1, 0.15) is 18.0 Å². The molecule has 0 bridgehead atoms. The summed E-state index contributed by atoms with van der Waals surface area (Å²) in [5, 5.41) is 3.22. The van der Waals surface area contributed by atoms with E-state index in [9.17, 15) is 4.79 Å². The first-order valence-corrected chi connectivity index (χ1v) is 8.77. The fourth-order valence-electron chi connectivity index (χ4n) is 3.10. The highest BCUT2D eigenvalue weighted by molar-refractivity contribution is 5.96. The van der Waals surface area contributed by atoms with Gasteiger partial charge in [-0.25, -0.2) is 14.8 Å². The summed E-state index contributed by atoms with van der Waals surface area (Å²) in [6.07, 6.45) is 4.00. The molecule has 1 saturated heterocycles. The number of ether oxygens (including phenoxy) is 1. The van der Waals surface area contributed by atoms with Gasteiger partial charge in [0.15, 0.2) is 0 Å². The maximum Gasteiger partial charge on any atom is 0.340 e. The van der Waals surface area contributed by atoms with Crippen molar-refractivity contribution in [2.45, 2.75) is 26.7 Å². The highest BCUT2D eigenvalue weighted by Crippen LogP contribution is 2.25. The molecular formula is C19H24N4O2. The van der Waals surface area contributed by atoms with Gasteiger partial charge in [0.05, 0.1) is 17.9 Å². The highest BCUT2D eigenvalue weighted by Gasteiger charge is 2.18. The lowest BCUT2D eigenvalue weighted by Gasteiger charge is -2.31. The van der Waals surface area contributed by atoms with E-state index in [4.69, 9.17) is 4.74 Å². The Hall–Kier alpha value is -2.63. The minimum absolute atomic E-state index is 0.343. The van der Waals surface area contributed by atoms with Crippen LogP contribution in [0, 0.1) is 5.92 Å². The van der Waals surface area contributed by atoms with Gasteiger partial charge in [-0.1, -0.05) is 19.1 Å². The average Bonchev–Trinajstić information content (AvgIpc) is 2.63. The number of benzene rings is 1. The second kappa shape index (κ2) is 7.96. The maximum atomic E-state index is 12.1. The SMILES string of the molecule is CCOC(=O)c1ccccc1Nc1cc(N2CCCC(C)C2)ncn1. The maximum absolute atomic E-state index is 12.1. The van der Waals surface area contributed by atoms with Crippen molar-refractivity contribution in [3.05, 3.63) is 42.2 Å². The zero-order valence-electron chi connectivity index (χ0n) is 14.7. The number of piperidine rings is 1. The Bertz CT molecular complexity index is 735. The van der Waals surface area contributed by atoms with E-state index in [0.29, 0.717) is 29.6 Å². The third-order valence-corrected chi connectivity index (χ3v) is 4.32. The number of carbonyl (C=O) groups is 1. The van der Waals surface area contributed by atoms with Gasteiger partial charge in [-0.3, -0.25) is 0 Å². The number of nitrogens with zero attached hydrogens (tertiary/aromatic N) is 3. The van der Waals surface area contributed by atoms with Crippen LogP contribution in [-0.4, -0.2) is 35.6 Å². The van der Waals surface area contributed by atoms with Crippen molar-refractivity contribution in [3.63, 3.8) is 0 Å². The summed E-state index contributed by atoms with van der Waals surface area (Å²) < 4.78 is 5.12. The quantitative estimate of drug-likeness (QED) is 0.838. The molecule has 3 rings (SSSR count). The van der Waals surface area contributed by atoms with Gasteiger partial charge >= 0.3 is 5.97 Å². The summed E-state index contributed by atoms with van der Waals surface area (Å²) in [4.78, 5) is 23.1. The zero-order chi connectivity index (χ0) is 17.6. The molecule has 6 nitrogen and oxygen atoms in total. The standard InChI is InChI=1S/C19H24N4O2/c1-3-25-19(24)15-8-4-5-9-16(15)22-17-11-18(21-13-20-17)23-10-6-7-14(2)12-23/h4-5,8-9,11,13-14H,3,6-7,10,12H2,1-2H3,(H,20,21,22). The first kappa shape index (κ1) is 17.2. The summed E-state index contributed by atoms with van der Waals surface area (Å²) in [6, 6.07) is 9.21. The molecule has 1 aromatic carbocycles. The molecule has 0 spiro atoms. The Morgan fingerprint density at radius 3 is 3.00 bits per heavy atom. The number of anilines is 3. The van der Waals surface area contributed by atoms with Crippen molar-refractivity contribution in [1.82, 2.24) is 9.97 Å². The molecule has 25 heavy (non-hydrogen) atoms. The number of para-hydroxylation sites is 1. The van der Waals surface area contributed by atoms with Crippen molar-refractivity contribution in [1.29, 1.82) is 0 Å². The molecule has 1 unspecified atom stereocenters. The van der Waals surface area contributed by atoms with Crippen molar-refractivity contribution in [2.75, 3.05) is 29.9 Å². The van der Waals surface area contributed by atoms with Crippen molar-refractivity contribution < 1.29 is 9.53 Å². The first-order valence-electron chi connectivity index (χ1n) is 8.77. The fraction of sp³-hybridized carbons (Fsp3) is 0.421. The third-order valence-electron chi connectivity index (χ3n) is 4.32. The molecule has 0 radical (unpaired) electrons. The van der Waals surface area contributed by atoms with E-state index in [2.05, 4.69) is 27.1 Å². The molecule has 1 aliphatic rings. The van der Waals surface area contributed by atoms with Crippen LogP contribution in [0.25, 0.3) is 0 Å². The lowest BCUT2D eigenvalue weighted by Crippen LogP contribution is -2.34. The molecule has 1 aromatic heterocycles. The van der Waals surface area contributed by atoms with E-state index in [0.717, 1.165) is 18.9 Å². The predicted molar refractivity (Wildman–Crippen MR) is 98.3 cm³/mol. The van der Waals surface area contributed by atoms with Crippen LogP contribution in [0.15, 0.2) is 36.7 Å².